The molecule has 2 atom stereocenters. The monoisotopic (exact) mass is 250 g/mol. The number of nitrogens with one attached hydrogen (secondary N) is 1. The lowest BCUT2D eigenvalue weighted by Crippen LogP contribution is -2.65. The van der Waals surface area contributed by atoms with Crippen LogP contribution in [-0.2, 0) is 4.79 Å². The third-order valence-corrected chi connectivity index (χ3v) is 3.46. The van der Waals surface area contributed by atoms with E-state index in [1.54, 1.807) is 7.05 Å². The molecule has 0 spiro atoms. The van der Waals surface area contributed by atoms with Crippen molar-refractivity contribution < 1.29 is 9.59 Å². The van der Waals surface area contributed by atoms with Gasteiger partial charge in [0.2, 0.25) is 5.96 Å². The van der Waals surface area contributed by atoms with Crippen LogP contribution in [0.5, 0.6) is 0 Å². The zero-order chi connectivity index (χ0) is 13.0. The number of imide groups is 1. The second-order valence-electron chi connectivity index (χ2n) is 4.69. The second-order valence-corrected chi connectivity index (χ2v) is 4.69. The standard InChI is InChI=1S/C10H14N6O2/c1-5-4-16-6-7(11-9(16)13-12-5)14(2)10(18)15(3)8(6)17/h6-7H,4H2,1-3H3,(H,11,13). The molecule has 18 heavy (non-hydrogen) atoms. The van der Waals surface area contributed by atoms with E-state index in [9.17, 15) is 9.59 Å². The van der Waals surface area contributed by atoms with Gasteiger partial charge in [-0.25, -0.2) is 15.2 Å². The average molecular weight is 250 g/mol. The lowest BCUT2D eigenvalue weighted by Gasteiger charge is -2.40. The first-order chi connectivity index (χ1) is 8.50. The molecule has 0 bridgehead atoms. The van der Waals surface area contributed by atoms with Crippen molar-refractivity contribution in [3.63, 3.8) is 0 Å². The lowest BCUT2D eigenvalue weighted by molar-refractivity contribution is -0.135. The third kappa shape index (κ3) is 1.25. The molecule has 1 saturated heterocycles. The Labute approximate surface area is 104 Å². The molecular formula is C10H14N6O2. The van der Waals surface area contributed by atoms with Gasteiger partial charge in [0.25, 0.3) is 5.91 Å². The second kappa shape index (κ2) is 3.44. The van der Waals surface area contributed by atoms with E-state index < -0.39 is 12.2 Å². The van der Waals surface area contributed by atoms with E-state index in [-0.39, 0.29) is 11.9 Å². The summed E-state index contributed by atoms with van der Waals surface area (Å²) in [5.41, 5.74) is 3.69. The minimum atomic E-state index is -0.468. The summed E-state index contributed by atoms with van der Waals surface area (Å²) < 4.78 is 0. The van der Waals surface area contributed by atoms with Gasteiger partial charge in [-0.1, -0.05) is 0 Å². The van der Waals surface area contributed by atoms with Crippen LogP contribution in [0, 0.1) is 0 Å². The molecule has 0 aliphatic carbocycles. The van der Waals surface area contributed by atoms with Gasteiger partial charge in [-0.05, 0) is 6.92 Å². The number of hydrogen-bond acceptors (Lipinski definition) is 6. The highest BCUT2D eigenvalue weighted by atomic mass is 16.2. The predicted molar refractivity (Wildman–Crippen MR) is 63.9 cm³/mol. The zero-order valence-corrected chi connectivity index (χ0v) is 10.4. The Balaban J connectivity index is 1.99. The lowest BCUT2D eigenvalue weighted by atomic mass is 10.1. The van der Waals surface area contributed by atoms with Crippen molar-refractivity contribution in [3.05, 3.63) is 0 Å². The van der Waals surface area contributed by atoms with Crippen molar-refractivity contribution in [2.45, 2.75) is 19.1 Å². The van der Waals surface area contributed by atoms with Crippen LogP contribution >= 0.6 is 0 Å². The van der Waals surface area contributed by atoms with Gasteiger partial charge in [-0.3, -0.25) is 9.69 Å². The Hall–Kier alpha value is -2.12. The Morgan fingerprint density at radius 2 is 2.06 bits per heavy atom. The molecule has 1 fully saturated rings. The predicted octanol–water partition coefficient (Wildman–Crippen LogP) is -1.14. The van der Waals surface area contributed by atoms with Gasteiger partial charge in [0.05, 0.1) is 12.3 Å². The molecule has 0 saturated carbocycles. The van der Waals surface area contributed by atoms with Gasteiger partial charge >= 0.3 is 6.03 Å². The van der Waals surface area contributed by atoms with E-state index in [1.165, 1.54) is 11.9 Å². The Morgan fingerprint density at radius 1 is 1.33 bits per heavy atom. The van der Waals surface area contributed by atoms with Gasteiger partial charge in [-0.15, -0.1) is 0 Å². The van der Waals surface area contributed by atoms with E-state index in [0.29, 0.717) is 12.5 Å². The molecule has 3 aliphatic rings. The molecule has 3 amide bonds. The maximum Gasteiger partial charge on any atom is 0.328 e. The Bertz CT molecular complexity index is 499. The maximum absolute atomic E-state index is 12.2. The van der Waals surface area contributed by atoms with E-state index >= 15 is 0 Å². The topological polar surface area (TPSA) is 80.6 Å². The molecule has 0 aromatic carbocycles. The van der Waals surface area contributed by atoms with Crippen molar-refractivity contribution in [2.75, 3.05) is 20.6 Å². The number of nitrogens with zero attached hydrogens (tertiary/aromatic N) is 5. The molecule has 3 rings (SSSR count). The molecule has 8 heteroatoms. The number of rotatable bonds is 0. The van der Waals surface area contributed by atoms with Crippen molar-refractivity contribution in [1.29, 1.82) is 0 Å². The average Bonchev–Trinajstić information content (AvgIpc) is 2.72. The summed E-state index contributed by atoms with van der Waals surface area (Å²) in [4.78, 5) is 32.9. The van der Waals surface area contributed by atoms with Gasteiger partial charge in [-0.2, -0.15) is 5.10 Å². The van der Waals surface area contributed by atoms with Crippen molar-refractivity contribution in [1.82, 2.24) is 20.1 Å². The molecule has 3 heterocycles. The Kier molecular flexibility index (Phi) is 2.10. The number of urea groups is 1. The van der Waals surface area contributed by atoms with E-state index in [2.05, 4.69) is 15.5 Å². The summed E-state index contributed by atoms with van der Waals surface area (Å²) in [5.74, 6) is 0.331. The van der Waals surface area contributed by atoms with Gasteiger partial charge in [0.15, 0.2) is 12.2 Å². The fraction of sp³-hybridized carbons (Fsp3) is 0.600. The van der Waals surface area contributed by atoms with Crippen LogP contribution in [0.15, 0.2) is 10.1 Å². The van der Waals surface area contributed by atoms with Gasteiger partial charge < -0.3 is 9.80 Å². The SMILES string of the molecule is CC1=NNC2=NC3C(C(=O)N(C)C(=O)N3C)N2C1. The quantitative estimate of drug-likeness (QED) is 0.589. The van der Waals surface area contributed by atoms with Crippen LogP contribution in [0.25, 0.3) is 0 Å². The third-order valence-electron chi connectivity index (χ3n) is 3.46. The number of carbonyl (C=O) groups excluding carboxylic acids is 2. The fourth-order valence-electron chi connectivity index (χ4n) is 2.46. The molecule has 2 unspecified atom stereocenters. The summed E-state index contributed by atoms with van der Waals surface area (Å²) in [6.07, 6.45) is -0.468. The number of fused-ring (bicyclic) bond motifs is 3. The van der Waals surface area contributed by atoms with Crippen molar-refractivity contribution in [2.24, 2.45) is 10.1 Å². The van der Waals surface area contributed by atoms with Crippen LogP contribution in [0.4, 0.5) is 4.79 Å². The molecule has 8 nitrogen and oxygen atoms in total. The van der Waals surface area contributed by atoms with Gasteiger partial charge in [0.1, 0.15) is 0 Å². The summed E-state index contributed by atoms with van der Waals surface area (Å²) in [6.45, 7) is 2.43. The minimum absolute atomic E-state index is 0.224. The van der Waals surface area contributed by atoms with Crippen molar-refractivity contribution >= 4 is 23.6 Å². The number of likely N-dealkylation sites (N-methyl/N-ethyl adjacent to an activating group) is 2. The highest BCUT2D eigenvalue weighted by Crippen LogP contribution is 2.27. The summed E-state index contributed by atoms with van der Waals surface area (Å²) >= 11 is 0. The van der Waals surface area contributed by atoms with E-state index in [0.717, 1.165) is 10.6 Å². The minimum Gasteiger partial charge on any atom is -0.320 e. The first kappa shape index (κ1) is 11.0. The maximum atomic E-state index is 12.2. The molecule has 0 radical (unpaired) electrons. The molecule has 0 aromatic heterocycles. The number of hydrazone groups is 1. The molecular weight excluding hydrogens is 236 g/mol. The van der Waals surface area contributed by atoms with Crippen LogP contribution in [0.1, 0.15) is 6.92 Å². The van der Waals surface area contributed by atoms with Gasteiger partial charge in [0, 0.05) is 14.1 Å². The highest BCUT2D eigenvalue weighted by Gasteiger charge is 2.51. The number of carbonyl (C=O) groups is 2. The summed E-state index contributed by atoms with van der Waals surface area (Å²) in [7, 11) is 3.15. The fourth-order valence-corrected chi connectivity index (χ4v) is 2.46. The summed E-state index contributed by atoms with van der Waals surface area (Å²) in [6, 6.07) is -0.784. The van der Waals surface area contributed by atoms with Crippen LogP contribution in [0.2, 0.25) is 0 Å². The van der Waals surface area contributed by atoms with Crippen LogP contribution in [0.3, 0.4) is 0 Å². The smallest absolute Gasteiger partial charge is 0.320 e. The zero-order valence-electron chi connectivity index (χ0n) is 10.4. The molecule has 1 N–H and O–H groups in total. The largest absolute Gasteiger partial charge is 0.328 e. The van der Waals surface area contributed by atoms with Crippen LogP contribution in [-0.4, -0.2) is 71.2 Å². The van der Waals surface area contributed by atoms with Crippen molar-refractivity contribution in [3.8, 4) is 0 Å². The number of hydrogen-bond donors (Lipinski definition) is 1. The Morgan fingerprint density at radius 3 is 2.78 bits per heavy atom. The summed E-state index contributed by atoms with van der Waals surface area (Å²) in [5, 5.41) is 4.08. The number of amides is 3. The first-order valence-corrected chi connectivity index (χ1v) is 5.68. The number of aliphatic imine (C=N–C) groups is 1. The highest BCUT2D eigenvalue weighted by molar-refractivity contribution is 6.05. The molecule has 3 aliphatic heterocycles. The first-order valence-electron chi connectivity index (χ1n) is 5.68. The molecule has 0 aromatic rings. The van der Waals surface area contributed by atoms with E-state index in [1.807, 2.05) is 11.8 Å². The number of guanidine groups is 1. The normalized spacial score (nSPS) is 30.7. The van der Waals surface area contributed by atoms with E-state index in [4.69, 9.17) is 0 Å². The molecule has 96 valence electrons. The van der Waals surface area contributed by atoms with Crippen LogP contribution < -0.4 is 5.43 Å².